The lowest BCUT2D eigenvalue weighted by atomic mass is 9.86. The summed E-state index contributed by atoms with van der Waals surface area (Å²) in [6, 6.07) is 3.52. The van der Waals surface area contributed by atoms with E-state index in [4.69, 9.17) is 16.3 Å². The van der Waals surface area contributed by atoms with Crippen LogP contribution in [0.15, 0.2) is 18.2 Å². The molecule has 4 nitrogen and oxygen atoms in total. The third kappa shape index (κ3) is 4.44. The van der Waals surface area contributed by atoms with E-state index in [9.17, 15) is 14.0 Å². The monoisotopic (exact) mass is 327 g/mol. The topological polar surface area (TPSA) is 55.4 Å². The lowest BCUT2D eigenvalue weighted by Gasteiger charge is -2.29. The van der Waals surface area contributed by atoms with Gasteiger partial charge in [0.25, 0.3) is 5.91 Å². The molecule has 0 spiro atoms. The molecule has 1 N–H and O–H groups in total. The standard InChI is InChI=1S/C16H19ClFNO3/c1-10-4-2-3-5-14(10)19-15(20)9-22-16(21)12-7-6-11(18)8-13(12)17/h6-8,10,14H,2-5,9H2,1H3,(H,19,20)/t10-,14+/m1/s1. The third-order valence-electron chi connectivity index (χ3n) is 3.94. The van der Waals surface area contributed by atoms with Crippen molar-refractivity contribution in [2.75, 3.05) is 6.61 Å². The summed E-state index contributed by atoms with van der Waals surface area (Å²) in [5.74, 6) is -1.17. The lowest BCUT2D eigenvalue weighted by molar-refractivity contribution is -0.125. The van der Waals surface area contributed by atoms with Gasteiger partial charge in [-0.3, -0.25) is 4.79 Å². The molecule has 1 fully saturated rings. The zero-order valence-electron chi connectivity index (χ0n) is 12.4. The van der Waals surface area contributed by atoms with Gasteiger partial charge in [-0.05, 0) is 37.0 Å². The molecule has 6 heteroatoms. The SMILES string of the molecule is C[C@@H]1CCCC[C@@H]1NC(=O)COC(=O)c1ccc(F)cc1Cl. The van der Waals surface area contributed by atoms with Crippen LogP contribution in [0.25, 0.3) is 0 Å². The van der Waals surface area contributed by atoms with E-state index in [1.165, 1.54) is 12.5 Å². The van der Waals surface area contributed by atoms with Gasteiger partial charge in [0.1, 0.15) is 5.82 Å². The molecule has 1 aliphatic carbocycles. The smallest absolute Gasteiger partial charge is 0.340 e. The van der Waals surface area contributed by atoms with Gasteiger partial charge in [-0.25, -0.2) is 9.18 Å². The number of amides is 1. The van der Waals surface area contributed by atoms with Crippen molar-refractivity contribution in [1.29, 1.82) is 0 Å². The maximum absolute atomic E-state index is 12.9. The van der Waals surface area contributed by atoms with E-state index in [0.29, 0.717) is 5.92 Å². The number of ether oxygens (including phenoxy) is 1. The van der Waals surface area contributed by atoms with Gasteiger partial charge < -0.3 is 10.1 Å². The van der Waals surface area contributed by atoms with Crippen molar-refractivity contribution in [2.45, 2.75) is 38.6 Å². The summed E-state index contributed by atoms with van der Waals surface area (Å²) < 4.78 is 17.9. The van der Waals surface area contributed by atoms with Crippen molar-refractivity contribution in [3.63, 3.8) is 0 Å². The van der Waals surface area contributed by atoms with Crippen molar-refractivity contribution >= 4 is 23.5 Å². The van der Waals surface area contributed by atoms with Gasteiger partial charge in [-0.15, -0.1) is 0 Å². The van der Waals surface area contributed by atoms with Crippen LogP contribution in [-0.4, -0.2) is 24.5 Å². The van der Waals surface area contributed by atoms with Crippen molar-refractivity contribution in [3.8, 4) is 0 Å². The van der Waals surface area contributed by atoms with Gasteiger partial charge in [0, 0.05) is 6.04 Å². The van der Waals surface area contributed by atoms with E-state index < -0.39 is 11.8 Å². The van der Waals surface area contributed by atoms with E-state index in [1.807, 2.05) is 0 Å². The van der Waals surface area contributed by atoms with Crippen LogP contribution < -0.4 is 5.32 Å². The number of hydrogen-bond donors (Lipinski definition) is 1. The zero-order valence-corrected chi connectivity index (χ0v) is 13.2. The Kier molecular flexibility index (Phi) is 5.77. The maximum atomic E-state index is 12.9. The minimum Gasteiger partial charge on any atom is -0.452 e. The van der Waals surface area contributed by atoms with E-state index >= 15 is 0 Å². The van der Waals surface area contributed by atoms with E-state index in [2.05, 4.69) is 12.2 Å². The molecule has 0 aliphatic heterocycles. The predicted octanol–water partition coefficient (Wildman–Crippen LogP) is 3.33. The Morgan fingerprint density at radius 3 is 2.77 bits per heavy atom. The van der Waals surface area contributed by atoms with E-state index in [-0.39, 0.29) is 29.1 Å². The molecule has 0 heterocycles. The first-order valence-electron chi connectivity index (χ1n) is 7.39. The fraction of sp³-hybridized carbons (Fsp3) is 0.500. The van der Waals surface area contributed by atoms with Crippen LogP contribution in [0.3, 0.4) is 0 Å². The highest BCUT2D eigenvalue weighted by Crippen LogP contribution is 2.23. The fourth-order valence-corrected chi connectivity index (χ4v) is 2.89. The minimum atomic E-state index is -0.739. The maximum Gasteiger partial charge on any atom is 0.340 e. The predicted molar refractivity (Wildman–Crippen MR) is 81.3 cm³/mol. The molecule has 0 saturated heterocycles. The summed E-state index contributed by atoms with van der Waals surface area (Å²) in [6.45, 7) is 1.74. The number of carbonyl (C=O) groups is 2. The van der Waals surface area contributed by atoms with Gasteiger partial charge in [-0.1, -0.05) is 31.4 Å². The second kappa shape index (κ2) is 7.58. The number of hydrogen-bond acceptors (Lipinski definition) is 3. The molecule has 0 bridgehead atoms. The van der Waals surface area contributed by atoms with Crippen molar-refractivity contribution in [2.24, 2.45) is 5.92 Å². The molecule has 0 unspecified atom stereocenters. The van der Waals surface area contributed by atoms with Crippen LogP contribution >= 0.6 is 11.6 Å². The highest BCUT2D eigenvalue weighted by Gasteiger charge is 2.23. The van der Waals surface area contributed by atoms with E-state index in [0.717, 1.165) is 31.4 Å². The van der Waals surface area contributed by atoms with E-state index in [1.54, 1.807) is 0 Å². The largest absolute Gasteiger partial charge is 0.452 e. The van der Waals surface area contributed by atoms with Crippen molar-refractivity contribution in [3.05, 3.63) is 34.6 Å². The molecule has 1 amide bonds. The molecular weight excluding hydrogens is 309 g/mol. The third-order valence-corrected chi connectivity index (χ3v) is 4.26. The number of rotatable bonds is 4. The molecule has 0 radical (unpaired) electrons. The summed E-state index contributed by atoms with van der Waals surface area (Å²) in [7, 11) is 0. The molecular formula is C16H19ClFNO3. The Hall–Kier alpha value is -1.62. The van der Waals surface area contributed by atoms with Gasteiger partial charge in [0.15, 0.2) is 6.61 Å². The highest BCUT2D eigenvalue weighted by atomic mass is 35.5. The number of halogens is 2. The average molecular weight is 328 g/mol. The Bertz CT molecular complexity index is 564. The summed E-state index contributed by atoms with van der Waals surface area (Å²) in [6.07, 6.45) is 4.33. The first kappa shape index (κ1) is 16.7. The number of benzene rings is 1. The summed E-state index contributed by atoms with van der Waals surface area (Å²) in [5, 5.41) is 2.85. The highest BCUT2D eigenvalue weighted by molar-refractivity contribution is 6.33. The molecule has 2 atom stereocenters. The van der Waals surface area contributed by atoms with Crippen LogP contribution in [0.5, 0.6) is 0 Å². The number of nitrogens with one attached hydrogen (secondary N) is 1. The molecule has 1 aromatic rings. The van der Waals surface area contributed by atoms with Crippen LogP contribution in [0, 0.1) is 11.7 Å². The molecule has 22 heavy (non-hydrogen) atoms. The molecule has 120 valence electrons. The normalized spacial score (nSPS) is 21.2. The molecule has 1 saturated carbocycles. The molecule has 1 aromatic carbocycles. The molecule has 2 rings (SSSR count). The van der Waals surface area contributed by atoms with Gasteiger partial charge in [0.05, 0.1) is 10.6 Å². The molecule has 0 aromatic heterocycles. The van der Waals surface area contributed by atoms with Gasteiger partial charge in [0.2, 0.25) is 0 Å². The Morgan fingerprint density at radius 2 is 2.09 bits per heavy atom. The van der Waals surface area contributed by atoms with Crippen LogP contribution in [0.2, 0.25) is 5.02 Å². The Labute approximate surface area is 134 Å². The van der Waals surface area contributed by atoms with Crippen LogP contribution in [0.1, 0.15) is 43.0 Å². The number of esters is 1. The second-order valence-electron chi connectivity index (χ2n) is 5.64. The summed E-state index contributed by atoms with van der Waals surface area (Å²) in [4.78, 5) is 23.7. The fourth-order valence-electron chi connectivity index (χ4n) is 2.64. The Morgan fingerprint density at radius 1 is 1.36 bits per heavy atom. The summed E-state index contributed by atoms with van der Waals surface area (Å²) >= 11 is 5.77. The van der Waals surface area contributed by atoms with Crippen molar-refractivity contribution < 1.29 is 18.7 Å². The lowest BCUT2D eigenvalue weighted by Crippen LogP contribution is -2.42. The quantitative estimate of drug-likeness (QED) is 0.863. The van der Waals surface area contributed by atoms with Crippen LogP contribution in [0.4, 0.5) is 4.39 Å². The van der Waals surface area contributed by atoms with Gasteiger partial charge in [-0.2, -0.15) is 0 Å². The van der Waals surface area contributed by atoms with Crippen LogP contribution in [-0.2, 0) is 9.53 Å². The van der Waals surface area contributed by atoms with Gasteiger partial charge >= 0.3 is 5.97 Å². The Balaban J connectivity index is 1.84. The zero-order chi connectivity index (χ0) is 16.1. The molecule has 1 aliphatic rings. The minimum absolute atomic E-state index is 0.0358. The second-order valence-corrected chi connectivity index (χ2v) is 6.04. The average Bonchev–Trinajstić information content (AvgIpc) is 2.47. The summed E-state index contributed by atoms with van der Waals surface area (Å²) in [5.41, 5.74) is 0.0434. The first-order chi connectivity index (χ1) is 10.5. The van der Waals surface area contributed by atoms with Crippen molar-refractivity contribution in [1.82, 2.24) is 5.32 Å². The first-order valence-corrected chi connectivity index (χ1v) is 7.76. The number of carbonyl (C=O) groups excluding carboxylic acids is 2.